The van der Waals surface area contributed by atoms with E-state index >= 15 is 0 Å². The van der Waals surface area contributed by atoms with E-state index < -0.39 is 0 Å². The molecule has 1 aromatic carbocycles. The van der Waals surface area contributed by atoms with Crippen molar-refractivity contribution in [2.75, 3.05) is 38.8 Å². The summed E-state index contributed by atoms with van der Waals surface area (Å²) in [4.78, 5) is 23.4. The summed E-state index contributed by atoms with van der Waals surface area (Å²) in [5, 5.41) is 3.03. The molecule has 0 bridgehead atoms. The second kappa shape index (κ2) is 8.62. The highest BCUT2D eigenvalue weighted by Gasteiger charge is 2.38. The van der Waals surface area contributed by atoms with E-state index in [4.69, 9.17) is 9.47 Å². The summed E-state index contributed by atoms with van der Waals surface area (Å²) in [6.45, 7) is 2.23. The second-order valence-corrected chi connectivity index (χ2v) is 6.31. The van der Waals surface area contributed by atoms with Gasteiger partial charge in [0.05, 0.1) is 19.6 Å². The van der Waals surface area contributed by atoms with Crippen LogP contribution in [0.3, 0.4) is 0 Å². The number of rotatable bonds is 7. The van der Waals surface area contributed by atoms with Gasteiger partial charge in [-0.15, -0.1) is 0 Å². The number of para-hydroxylation sites is 1. The fraction of sp³-hybridized carbons (Fsp3) is 0.421. The zero-order valence-electron chi connectivity index (χ0n) is 15.1. The molecule has 1 aromatic heterocycles. The minimum absolute atomic E-state index is 0.0105. The largest absolute Gasteiger partial charge is 0.496 e. The van der Waals surface area contributed by atoms with Gasteiger partial charge in [0.15, 0.2) is 0 Å². The predicted octanol–water partition coefficient (Wildman–Crippen LogP) is 1.50. The molecule has 1 saturated heterocycles. The maximum absolute atomic E-state index is 12.8. The lowest BCUT2D eigenvalue weighted by Crippen LogP contribution is -2.36. The lowest BCUT2D eigenvalue weighted by atomic mass is 9.96. The number of anilines is 1. The minimum Gasteiger partial charge on any atom is -0.496 e. The van der Waals surface area contributed by atoms with E-state index in [1.807, 2.05) is 29.2 Å². The molecule has 2 unspecified atom stereocenters. The average Bonchev–Trinajstić information content (AvgIpc) is 3.11. The Bertz CT molecular complexity index is 726. The number of ether oxygens (including phenoxy) is 2. The van der Waals surface area contributed by atoms with Crippen LogP contribution in [0, 0.1) is 11.8 Å². The zero-order valence-corrected chi connectivity index (χ0v) is 15.1. The van der Waals surface area contributed by atoms with Gasteiger partial charge >= 0.3 is 0 Å². The van der Waals surface area contributed by atoms with Gasteiger partial charge in [0, 0.05) is 50.6 Å². The number of hydrogen-bond donors (Lipinski definition) is 1. The smallest absolute Gasteiger partial charge is 0.225 e. The molecule has 2 heterocycles. The van der Waals surface area contributed by atoms with Crippen LogP contribution in [0.1, 0.15) is 5.56 Å². The third-order valence-corrected chi connectivity index (χ3v) is 4.64. The van der Waals surface area contributed by atoms with Crippen molar-refractivity contribution in [3.63, 3.8) is 0 Å². The van der Waals surface area contributed by atoms with Crippen LogP contribution in [0.2, 0.25) is 0 Å². The van der Waals surface area contributed by atoms with Gasteiger partial charge in [0.1, 0.15) is 5.75 Å². The molecule has 2 atom stereocenters. The van der Waals surface area contributed by atoms with Crippen LogP contribution in [0.5, 0.6) is 5.75 Å². The topological polar surface area (TPSA) is 76.6 Å². The van der Waals surface area contributed by atoms with Crippen LogP contribution in [-0.4, -0.2) is 49.8 Å². The van der Waals surface area contributed by atoms with Crippen LogP contribution in [-0.2, 0) is 16.1 Å². The van der Waals surface area contributed by atoms with E-state index in [0.29, 0.717) is 32.2 Å². The number of aromatic nitrogens is 2. The lowest BCUT2D eigenvalue weighted by Gasteiger charge is -2.17. The normalized spacial score (nSPS) is 19.4. The Morgan fingerprint density at radius 3 is 2.69 bits per heavy atom. The molecule has 0 spiro atoms. The maximum atomic E-state index is 12.8. The molecule has 3 rings (SSSR count). The molecule has 1 fully saturated rings. The van der Waals surface area contributed by atoms with Gasteiger partial charge in [0.25, 0.3) is 0 Å². The summed E-state index contributed by atoms with van der Waals surface area (Å²) in [6, 6.07) is 9.46. The Balaban J connectivity index is 1.66. The van der Waals surface area contributed by atoms with E-state index in [2.05, 4.69) is 15.3 Å². The first-order valence-electron chi connectivity index (χ1n) is 8.63. The molecule has 2 aromatic rings. The fourth-order valence-corrected chi connectivity index (χ4v) is 3.33. The summed E-state index contributed by atoms with van der Waals surface area (Å²) in [5.74, 6) is 1.35. The highest BCUT2D eigenvalue weighted by molar-refractivity contribution is 5.80. The van der Waals surface area contributed by atoms with E-state index in [-0.39, 0.29) is 17.7 Å². The zero-order chi connectivity index (χ0) is 18.4. The molecule has 0 aliphatic carbocycles. The number of carbonyl (C=O) groups excluding carboxylic acids is 1. The average molecular weight is 356 g/mol. The number of benzene rings is 1. The molecular weight excluding hydrogens is 332 g/mol. The molecule has 0 saturated carbocycles. The van der Waals surface area contributed by atoms with Crippen molar-refractivity contribution < 1.29 is 14.3 Å². The first-order chi connectivity index (χ1) is 12.7. The molecule has 26 heavy (non-hydrogen) atoms. The molecule has 1 N–H and O–H groups in total. The Labute approximate surface area is 153 Å². The van der Waals surface area contributed by atoms with Crippen molar-refractivity contribution in [3.05, 3.63) is 48.3 Å². The van der Waals surface area contributed by atoms with Gasteiger partial charge < -0.3 is 19.7 Å². The van der Waals surface area contributed by atoms with E-state index in [1.165, 1.54) is 0 Å². The first-order valence-corrected chi connectivity index (χ1v) is 8.63. The van der Waals surface area contributed by atoms with E-state index in [9.17, 15) is 4.79 Å². The number of carbonyl (C=O) groups is 1. The van der Waals surface area contributed by atoms with Gasteiger partial charge in [-0.05, 0) is 12.1 Å². The fourth-order valence-electron chi connectivity index (χ4n) is 3.33. The Hall–Kier alpha value is -2.67. The Kier molecular flexibility index (Phi) is 6.01. The lowest BCUT2D eigenvalue weighted by molar-refractivity contribution is -0.126. The molecule has 1 aliphatic heterocycles. The van der Waals surface area contributed by atoms with Gasteiger partial charge in [-0.25, -0.2) is 9.97 Å². The van der Waals surface area contributed by atoms with Crippen LogP contribution in [0.4, 0.5) is 5.95 Å². The van der Waals surface area contributed by atoms with Crippen molar-refractivity contribution in [2.24, 2.45) is 11.8 Å². The molecule has 1 aliphatic rings. The van der Waals surface area contributed by atoms with Crippen LogP contribution < -0.4 is 15.0 Å². The predicted molar refractivity (Wildman–Crippen MR) is 97.9 cm³/mol. The van der Waals surface area contributed by atoms with Gasteiger partial charge in [0.2, 0.25) is 11.9 Å². The molecule has 0 radical (unpaired) electrons. The highest BCUT2D eigenvalue weighted by Crippen LogP contribution is 2.27. The maximum Gasteiger partial charge on any atom is 0.225 e. The van der Waals surface area contributed by atoms with E-state index in [1.54, 1.807) is 32.7 Å². The third-order valence-electron chi connectivity index (χ3n) is 4.64. The van der Waals surface area contributed by atoms with Crippen LogP contribution >= 0.6 is 0 Å². The van der Waals surface area contributed by atoms with E-state index in [0.717, 1.165) is 11.3 Å². The van der Waals surface area contributed by atoms with Crippen molar-refractivity contribution >= 4 is 11.9 Å². The quantitative estimate of drug-likeness (QED) is 0.810. The monoisotopic (exact) mass is 356 g/mol. The van der Waals surface area contributed by atoms with Crippen LogP contribution in [0.15, 0.2) is 42.7 Å². The van der Waals surface area contributed by atoms with Gasteiger partial charge in [-0.2, -0.15) is 0 Å². The molecule has 138 valence electrons. The number of hydrogen-bond acceptors (Lipinski definition) is 6. The molecular formula is C19H24N4O3. The molecule has 7 heteroatoms. The first kappa shape index (κ1) is 18.1. The Morgan fingerprint density at radius 2 is 1.96 bits per heavy atom. The van der Waals surface area contributed by atoms with Crippen molar-refractivity contribution in [2.45, 2.75) is 6.54 Å². The number of nitrogens with zero attached hydrogens (tertiary/aromatic N) is 3. The number of nitrogens with one attached hydrogen (secondary N) is 1. The minimum atomic E-state index is -0.173. The highest BCUT2D eigenvalue weighted by atomic mass is 16.5. The summed E-state index contributed by atoms with van der Waals surface area (Å²) >= 11 is 0. The SMILES string of the molecule is COCC1CN(c2ncccn2)CC1C(=O)NCc1ccccc1OC. The van der Waals surface area contributed by atoms with Crippen molar-refractivity contribution in [1.82, 2.24) is 15.3 Å². The van der Waals surface area contributed by atoms with Crippen LogP contribution in [0.25, 0.3) is 0 Å². The summed E-state index contributed by atoms with van der Waals surface area (Å²) in [5.41, 5.74) is 0.952. The summed E-state index contributed by atoms with van der Waals surface area (Å²) < 4.78 is 10.7. The molecule has 7 nitrogen and oxygen atoms in total. The van der Waals surface area contributed by atoms with Crippen molar-refractivity contribution in [3.8, 4) is 5.75 Å². The standard InChI is InChI=1S/C19H24N4O3/c1-25-13-15-11-23(19-20-8-5-9-21-19)12-16(15)18(24)22-10-14-6-3-4-7-17(14)26-2/h3-9,15-16H,10-13H2,1-2H3,(H,22,24). The molecule has 1 amide bonds. The number of methoxy groups -OCH3 is 2. The summed E-state index contributed by atoms with van der Waals surface area (Å²) in [6.07, 6.45) is 3.42. The number of amides is 1. The summed E-state index contributed by atoms with van der Waals surface area (Å²) in [7, 11) is 3.29. The van der Waals surface area contributed by atoms with Crippen molar-refractivity contribution in [1.29, 1.82) is 0 Å². The van der Waals surface area contributed by atoms with Gasteiger partial charge in [-0.3, -0.25) is 4.79 Å². The second-order valence-electron chi connectivity index (χ2n) is 6.31. The third kappa shape index (κ3) is 4.11. The van der Waals surface area contributed by atoms with Gasteiger partial charge in [-0.1, -0.05) is 18.2 Å². The Morgan fingerprint density at radius 1 is 1.19 bits per heavy atom.